The highest BCUT2D eigenvalue weighted by Crippen LogP contribution is 2.41. The third kappa shape index (κ3) is 3.33. The van der Waals surface area contributed by atoms with Crippen molar-refractivity contribution in [1.82, 2.24) is 20.4 Å². The van der Waals surface area contributed by atoms with Gasteiger partial charge in [-0.2, -0.15) is 5.10 Å². The molecule has 1 atom stereocenters. The smallest absolute Gasteiger partial charge is 0.234 e. The number of carbonyl (C=O) groups is 1. The van der Waals surface area contributed by atoms with Gasteiger partial charge in [0.25, 0.3) is 0 Å². The Bertz CT molecular complexity index is 736. The molecule has 0 fully saturated rings. The predicted molar refractivity (Wildman–Crippen MR) is 90.4 cm³/mol. The van der Waals surface area contributed by atoms with Gasteiger partial charge in [-0.25, -0.2) is 9.07 Å². The van der Waals surface area contributed by atoms with E-state index in [1.807, 2.05) is 10.9 Å². The van der Waals surface area contributed by atoms with Crippen LogP contribution < -0.4 is 10.6 Å². The summed E-state index contributed by atoms with van der Waals surface area (Å²) in [4.78, 5) is 12.0. The normalized spacial score (nSPS) is 18.9. The maximum absolute atomic E-state index is 13.2. The van der Waals surface area contributed by atoms with E-state index in [1.54, 1.807) is 19.2 Å². The third-order valence-electron chi connectivity index (χ3n) is 4.42. The molecule has 0 spiro atoms. The van der Waals surface area contributed by atoms with Crippen molar-refractivity contribution in [3.8, 4) is 5.69 Å². The number of rotatable bonds is 4. The Hall–Kier alpha value is -2.21. The molecule has 2 N–H and O–H groups in total. The van der Waals surface area contributed by atoms with E-state index in [-0.39, 0.29) is 23.2 Å². The van der Waals surface area contributed by atoms with Crippen LogP contribution in [-0.4, -0.2) is 29.3 Å². The Kier molecular flexibility index (Phi) is 4.41. The standard InChI is InChI=1S/C18H23FN4O/c1-18(2)8-15(22-17(24)11-20-3)14-10-21-23(16(14)9-18)13-6-4-12(19)5-7-13/h4-7,10,15,20H,8-9,11H2,1-3H3,(H,22,24)/t15-/m0/s1. The molecule has 0 bridgehead atoms. The molecule has 2 aromatic rings. The van der Waals surface area contributed by atoms with E-state index >= 15 is 0 Å². The molecule has 24 heavy (non-hydrogen) atoms. The zero-order valence-electron chi connectivity index (χ0n) is 14.3. The summed E-state index contributed by atoms with van der Waals surface area (Å²) >= 11 is 0. The number of nitrogens with one attached hydrogen (secondary N) is 2. The molecule has 1 aliphatic carbocycles. The molecule has 0 aliphatic heterocycles. The second-order valence-corrected chi connectivity index (χ2v) is 7.13. The van der Waals surface area contributed by atoms with E-state index in [4.69, 9.17) is 0 Å². The lowest BCUT2D eigenvalue weighted by Crippen LogP contribution is -2.39. The van der Waals surface area contributed by atoms with Crippen LogP contribution in [0, 0.1) is 11.2 Å². The van der Waals surface area contributed by atoms with Gasteiger partial charge in [0, 0.05) is 5.56 Å². The summed E-state index contributed by atoms with van der Waals surface area (Å²) in [6.45, 7) is 4.67. The first-order valence-electron chi connectivity index (χ1n) is 8.16. The van der Waals surface area contributed by atoms with Crippen LogP contribution in [-0.2, 0) is 11.2 Å². The number of amides is 1. The highest BCUT2D eigenvalue weighted by Gasteiger charge is 2.35. The van der Waals surface area contributed by atoms with Crippen molar-refractivity contribution in [2.24, 2.45) is 5.41 Å². The quantitative estimate of drug-likeness (QED) is 0.905. The minimum Gasteiger partial charge on any atom is -0.348 e. The van der Waals surface area contributed by atoms with Crippen molar-refractivity contribution in [2.75, 3.05) is 13.6 Å². The molecule has 0 unspecified atom stereocenters. The molecular weight excluding hydrogens is 307 g/mol. The maximum atomic E-state index is 13.2. The maximum Gasteiger partial charge on any atom is 0.234 e. The fraction of sp³-hybridized carbons (Fsp3) is 0.444. The number of hydrogen-bond donors (Lipinski definition) is 2. The lowest BCUT2D eigenvalue weighted by Gasteiger charge is -2.36. The van der Waals surface area contributed by atoms with Crippen LogP contribution in [0.25, 0.3) is 5.69 Å². The molecule has 0 saturated carbocycles. The molecule has 128 valence electrons. The Morgan fingerprint density at radius 3 is 2.75 bits per heavy atom. The summed E-state index contributed by atoms with van der Waals surface area (Å²) in [6.07, 6.45) is 3.54. The van der Waals surface area contributed by atoms with Crippen LogP contribution in [0.1, 0.15) is 37.6 Å². The molecule has 0 saturated heterocycles. The number of carbonyl (C=O) groups excluding carboxylic acids is 1. The molecule has 3 rings (SSSR count). The topological polar surface area (TPSA) is 59.0 Å². The summed E-state index contributed by atoms with van der Waals surface area (Å²) in [5, 5.41) is 10.5. The van der Waals surface area contributed by atoms with Crippen molar-refractivity contribution >= 4 is 5.91 Å². The van der Waals surface area contributed by atoms with Crippen molar-refractivity contribution in [1.29, 1.82) is 0 Å². The largest absolute Gasteiger partial charge is 0.348 e. The lowest BCUT2D eigenvalue weighted by molar-refractivity contribution is -0.121. The Morgan fingerprint density at radius 1 is 1.38 bits per heavy atom. The van der Waals surface area contributed by atoms with Gasteiger partial charge in [-0.05, 0) is 49.6 Å². The van der Waals surface area contributed by atoms with Gasteiger partial charge in [-0.3, -0.25) is 4.79 Å². The average molecular weight is 330 g/mol. The van der Waals surface area contributed by atoms with Gasteiger partial charge >= 0.3 is 0 Å². The number of hydrogen-bond acceptors (Lipinski definition) is 3. The second-order valence-electron chi connectivity index (χ2n) is 7.13. The van der Waals surface area contributed by atoms with Crippen molar-refractivity contribution in [2.45, 2.75) is 32.7 Å². The fourth-order valence-electron chi connectivity index (χ4n) is 3.38. The molecule has 1 aromatic carbocycles. The van der Waals surface area contributed by atoms with Gasteiger partial charge in [0.05, 0.1) is 30.2 Å². The molecule has 5 nitrogen and oxygen atoms in total. The first-order chi connectivity index (χ1) is 11.4. The predicted octanol–water partition coefficient (Wildman–Crippen LogP) is 2.36. The summed E-state index contributed by atoms with van der Waals surface area (Å²) in [7, 11) is 1.75. The van der Waals surface area contributed by atoms with Gasteiger partial charge in [0.1, 0.15) is 5.82 Å². The van der Waals surface area contributed by atoms with Gasteiger partial charge in [0.2, 0.25) is 5.91 Å². The van der Waals surface area contributed by atoms with Crippen molar-refractivity contribution in [3.63, 3.8) is 0 Å². The highest BCUT2D eigenvalue weighted by atomic mass is 19.1. The Morgan fingerprint density at radius 2 is 2.08 bits per heavy atom. The molecule has 1 amide bonds. The molecule has 6 heteroatoms. The van der Waals surface area contributed by atoms with E-state index in [2.05, 4.69) is 29.6 Å². The molecule has 1 aromatic heterocycles. The van der Waals surface area contributed by atoms with Crippen LogP contribution in [0.2, 0.25) is 0 Å². The number of benzene rings is 1. The zero-order chi connectivity index (χ0) is 17.3. The molecular formula is C18H23FN4O. The van der Waals surface area contributed by atoms with E-state index in [0.29, 0.717) is 6.54 Å². The van der Waals surface area contributed by atoms with E-state index in [1.165, 1.54) is 12.1 Å². The number of fused-ring (bicyclic) bond motifs is 1. The molecule has 0 radical (unpaired) electrons. The lowest BCUT2D eigenvalue weighted by atomic mass is 9.74. The van der Waals surface area contributed by atoms with E-state index in [0.717, 1.165) is 29.8 Å². The number of likely N-dealkylation sites (N-methyl/N-ethyl adjacent to an activating group) is 1. The Labute approximate surface area is 141 Å². The molecule has 1 aliphatic rings. The third-order valence-corrected chi connectivity index (χ3v) is 4.42. The van der Waals surface area contributed by atoms with Crippen LogP contribution in [0.3, 0.4) is 0 Å². The van der Waals surface area contributed by atoms with E-state index < -0.39 is 0 Å². The van der Waals surface area contributed by atoms with Crippen LogP contribution >= 0.6 is 0 Å². The first kappa shape index (κ1) is 16.6. The first-order valence-corrected chi connectivity index (χ1v) is 8.16. The highest BCUT2D eigenvalue weighted by molar-refractivity contribution is 5.78. The number of halogens is 1. The van der Waals surface area contributed by atoms with Gasteiger partial charge in [0.15, 0.2) is 0 Å². The monoisotopic (exact) mass is 330 g/mol. The van der Waals surface area contributed by atoms with Crippen LogP contribution in [0.15, 0.2) is 30.5 Å². The summed E-state index contributed by atoms with van der Waals surface area (Å²) in [6, 6.07) is 6.25. The van der Waals surface area contributed by atoms with Crippen LogP contribution in [0.5, 0.6) is 0 Å². The SMILES string of the molecule is CNCC(=O)N[C@H]1CC(C)(C)Cc2c1cnn2-c1ccc(F)cc1. The summed E-state index contributed by atoms with van der Waals surface area (Å²) in [5.41, 5.74) is 2.99. The van der Waals surface area contributed by atoms with Gasteiger partial charge in [-0.15, -0.1) is 0 Å². The zero-order valence-corrected chi connectivity index (χ0v) is 14.3. The minimum absolute atomic E-state index is 0.0271. The van der Waals surface area contributed by atoms with Crippen molar-refractivity contribution < 1.29 is 9.18 Å². The summed E-state index contributed by atoms with van der Waals surface area (Å²) in [5.74, 6) is -0.294. The second kappa shape index (κ2) is 6.36. The Balaban J connectivity index is 1.96. The fourth-order valence-corrected chi connectivity index (χ4v) is 3.38. The van der Waals surface area contributed by atoms with Gasteiger partial charge < -0.3 is 10.6 Å². The minimum atomic E-state index is -0.266. The van der Waals surface area contributed by atoms with Gasteiger partial charge in [-0.1, -0.05) is 13.8 Å². The number of aromatic nitrogens is 2. The van der Waals surface area contributed by atoms with Crippen molar-refractivity contribution in [3.05, 3.63) is 47.5 Å². The summed E-state index contributed by atoms with van der Waals surface area (Å²) < 4.78 is 15.0. The number of nitrogens with zero attached hydrogens (tertiary/aromatic N) is 2. The van der Waals surface area contributed by atoms with E-state index in [9.17, 15) is 9.18 Å². The van der Waals surface area contributed by atoms with Crippen LogP contribution in [0.4, 0.5) is 4.39 Å². The average Bonchev–Trinajstić information content (AvgIpc) is 2.90. The molecule has 1 heterocycles.